The van der Waals surface area contributed by atoms with Crippen molar-refractivity contribution in [2.45, 2.75) is 26.5 Å². The standard InChI is InChI=1S/C22H22N2O3/c1-2-19(22(25)26)13-20-15-24(14-17-9-5-3-6-10-17)23-21(20)27-16-18-11-7-4-8-12-18/h3-13,15H,2,14,16H2,1H3,(H,25,26). The van der Waals surface area contributed by atoms with Crippen LogP contribution in [0.5, 0.6) is 5.88 Å². The summed E-state index contributed by atoms with van der Waals surface area (Å²) in [6.45, 7) is 2.78. The van der Waals surface area contributed by atoms with Crippen LogP contribution in [0.25, 0.3) is 6.08 Å². The van der Waals surface area contributed by atoms with Crippen molar-refractivity contribution in [1.29, 1.82) is 0 Å². The lowest BCUT2D eigenvalue weighted by Gasteiger charge is -2.05. The molecule has 0 amide bonds. The van der Waals surface area contributed by atoms with E-state index in [1.54, 1.807) is 10.8 Å². The molecule has 3 aromatic rings. The van der Waals surface area contributed by atoms with Gasteiger partial charge < -0.3 is 9.84 Å². The Morgan fingerprint density at radius 2 is 1.70 bits per heavy atom. The molecule has 0 bridgehead atoms. The monoisotopic (exact) mass is 362 g/mol. The van der Waals surface area contributed by atoms with Crippen LogP contribution in [0.15, 0.2) is 72.4 Å². The number of rotatable bonds is 8. The van der Waals surface area contributed by atoms with Gasteiger partial charge in [0, 0.05) is 11.8 Å². The summed E-state index contributed by atoms with van der Waals surface area (Å²) in [4.78, 5) is 11.4. The molecular weight excluding hydrogens is 340 g/mol. The van der Waals surface area contributed by atoms with Gasteiger partial charge in [-0.05, 0) is 23.6 Å². The summed E-state index contributed by atoms with van der Waals surface area (Å²) in [5.41, 5.74) is 3.12. The fourth-order valence-electron chi connectivity index (χ4n) is 2.71. The summed E-state index contributed by atoms with van der Waals surface area (Å²) in [6.07, 6.45) is 3.89. The molecule has 1 heterocycles. The largest absolute Gasteiger partial charge is 0.478 e. The molecule has 2 aromatic carbocycles. The quantitative estimate of drug-likeness (QED) is 0.604. The summed E-state index contributed by atoms with van der Waals surface area (Å²) in [5.74, 6) is -0.496. The van der Waals surface area contributed by atoms with Crippen molar-refractivity contribution in [1.82, 2.24) is 9.78 Å². The van der Waals surface area contributed by atoms with E-state index in [1.165, 1.54) is 0 Å². The highest BCUT2D eigenvalue weighted by Crippen LogP contribution is 2.22. The molecule has 0 radical (unpaired) electrons. The zero-order valence-corrected chi connectivity index (χ0v) is 15.2. The van der Waals surface area contributed by atoms with E-state index in [-0.39, 0.29) is 0 Å². The molecule has 0 saturated heterocycles. The maximum Gasteiger partial charge on any atom is 0.331 e. The van der Waals surface area contributed by atoms with Gasteiger partial charge in [0.05, 0.1) is 12.1 Å². The van der Waals surface area contributed by atoms with Gasteiger partial charge in [-0.2, -0.15) is 0 Å². The summed E-state index contributed by atoms with van der Waals surface area (Å²) in [6, 6.07) is 19.8. The van der Waals surface area contributed by atoms with Crippen LogP contribution >= 0.6 is 0 Å². The Labute approximate surface area is 158 Å². The van der Waals surface area contributed by atoms with Gasteiger partial charge in [-0.1, -0.05) is 67.6 Å². The highest BCUT2D eigenvalue weighted by Gasteiger charge is 2.13. The number of nitrogens with zero attached hydrogens (tertiary/aromatic N) is 2. The molecule has 27 heavy (non-hydrogen) atoms. The maximum absolute atomic E-state index is 11.4. The van der Waals surface area contributed by atoms with E-state index >= 15 is 0 Å². The van der Waals surface area contributed by atoms with Crippen LogP contribution in [0, 0.1) is 0 Å². The van der Waals surface area contributed by atoms with E-state index in [2.05, 4.69) is 5.10 Å². The topological polar surface area (TPSA) is 64.4 Å². The Balaban J connectivity index is 1.87. The number of carboxylic acids is 1. The molecule has 3 rings (SSSR count). The lowest BCUT2D eigenvalue weighted by molar-refractivity contribution is -0.132. The van der Waals surface area contributed by atoms with Crippen LogP contribution in [0.4, 0.5) is 0 Å². The average molecular weight is 362 g/mol. The molecule has 0 atom stereocenters. The smallest absolute Gasteiger partial charge is 0.331 e. The van der Waals surface area contributed by atoms with Gasteiger partial charge in [0.15, 0.2) is 0 Å². The Hall–Kier alpha value is -3.34. The van der Waals surface area contributed by atoms with Crippen molar-refractivity contribution in [3.8, 4) is 5.88 Å². The van der Waals surface area contributed by atoms with Crippen molar-refractivity contribution in [2.75, 3.05) is 0 Å². The van der Waals surface area contributed by atoms with Gasteiger partial charge in [-0.15, -0.1) is 5.10 Å². The van der Waals surface area contributed by atoms with Crippen molar-refractivity contribution in [3.05, 3.63) is 89.1 Å². The molecule has 0 aliphatic carbocycles. The second kappa shape index (κ2) is 8.85. The number of hydrogen-bond acceptors (Lipinski definition) is 3. The van der Waals surface area contributed by atoms with E-state index in [1.807, 2.05) is 73.8 Å². The molecule has 0 aliphatic rings. The number of aliphatic carboxylic acids is 1. The first kappa shape index (κ1) is 18.5. The number of carbonyl (C=O) groups is 1. The zero-order chi connectivity index (χ0) is 19.1. The van der Waals surface area contributed by atoms with E-state index in [0.717, 1.165) is 11.1 Å². The maximum atomic E-state index is 11.4. The first-order valence-corrected chi connectivity index (χ1v) is 8.87. The Morgan fingerprint density at radius 1 is 1.07 bits per heavy atom. The lowest BCUT2D eigenvalue weighted by Crippen LogP contribution is -2.01. The van der Waals surface area contributed by atoms with Crippen LogP contribution in [-0.4, -0.2) is 20.9 Å². The minimum absolute atomic E-state index is 0.318. The molecule has 0 fully saturated rings. The minimum Gasteiger partial charge on any atom is -0.478 e. The van der Waals surface area contributed by atoms with Gasteiger partial charge in [-0.25, -0.2) is 4.79 Å². The summed E-state index contributed by atoms with van der Waals surface area (Å²) >= 11 is 0. The van der Waals surface area contributed by atoms with Crippen molar-refractivity contribution in [2.24, 2.45) is 0 Å². The second-order valence-corrected chi connectivity index (χ2v) is 6.18. The van der Waals surface area contributed by atoms with Gasteiger partial charge in [0.2, 0.25) is 5.88 Å². The predicted octanol–water partition coefficient (Wildman–Crippen LogP) is 4.39. The molecule has 1 N–H and O–H groups in total. The molecule has 5 nitrogen and oxygen atoms in total. The predicted molar refractivity (Wildman–Crippen MR) is 104 cm³/mol. The van der Waals surface area contributed by atoms with Crippen molar-refractivity contribution >= 4 is 12.0 Å². The first-order chi connectivity index (χ1) is 13.2. The Morgan fingerprint density at radius 3 is 2.30 bits per heavy atom. The van der Waals surface area contributed by atoms with Crippen molar-refractivity contribution in [3.63, 3.8) is 0 Å². The summed E-state index contributed by atoms with van der Waals surface area (Å²) < 4.78 is 7.67. The van der Waals surface area contributed by atoms with Crippen LogP contribution in [0.1, 0.15) is 30.0 Å². The molecular formula is C22H22N2O3. The molecule has 5 heteroatoms. The van der Waals surface area contributed by atoms with Crippen LogP contribution in [0.2, 0.25) is 0 Å². The van der Waals surface area contributed by atoms with E-state index in [9.17, 15) is 9.90 Å². The van der Waals surface area contributed by atoms with E-state index in [4.69, 9.17) is 4.74 Å². The normalized spacial score (nSPS) is 11.4. The highest BCUT2D eigenvalue weighted by atomic mass is 16.5. The third-order valence-corrected chi connectivity index (χ3v) is 4.15. The van der Waals surface area contributed by atoms with E-state index < -0.39 is 5.97 Å². The molecule has 0 unspecified atom stereocenters. The van der Waals surface area contributed by atoms with Crippen LogP contribution in [0.3, 0.4) is 0 Å². The third kappa shape index (κ3) is 5.07. The fourth-order valence-corrected chi connectivity index (χ4v) is 2.71. The summed E-state index contributed by atoms with van der Waals surface area (Å²) in [7, 11) is 0. The molecule has 1 aromatic heterocycles. The van der Waals surface area contributed by atoms with Crippen molar-refractivity contribution < 1.29 is 14.6 Å². The van der Waals surface area contributed by atoms with Gasteiger partial charge in [-0.3, -0.25) is 4.68 Å². The number of aromatic nitrogens is 2. The Kier molecular flexibility index (Phi) is 6.05. The Bertz CT molecular complexity index is 915. The number of benzene rings is 2. The molecule has 0 aliphatic heterocycles. The van der Waals surface area contributed by atoms with E-state index in [0.29, 0.717) is 36.6 Å². The van der Waals surface area contributed by atoms with Gasteiger partial charge in [0.25, 0.3) is 0 Å². The first-order valence-electron chi connectivity index (χ1n) is 8.87. The van der Waals surface area contributed by atoms with Crippen LogP contribution < -0.4 is 4.74 Å². The SMILES string of the molecule is CCC(=Cc1cn(Cc2ccccc2)nc1OCc1ccccc1)C(=O)O. The molecule has 138 valence electrons. The van der Waals surface area contributed by atoms with Gasteiger partial charge >= 0.3 is 5.97 Å². The molecule has 0 spiro atoms. The number of ether oxygens (including phenoxy) is 1. The number of hydrogen-bond donors (Lipinski definition) is 1. The second-order valence-electron chi connectivity index (χ2n) is 6.18. The average Bonchev–Trinajstić information content (AvgIpc) is 3.07. The fraction of sp³-hybridized carbons (Fsp3) is 0.182. The zero-order valence-electron chi connectivity index (χ0n) is 15.2. The number of carboxylic acid groups (broad SMARTS) is 1. The lowest BCUT2D eigenvalue weighted by atomic mass is 10.1. The minimum atomic E-state index is -0.928. The third-order valence-electron chi connectivity index (χ3n) is 4.15. The summed E-state index contributed by atoms with van der Waals surface area (Å²) in [5, 5.41) is 13.9. The van der Waals surface area contributed by atoms with Gasteiger partial charge in [0.1, 0.15) is 6.61 Å². The van der Waals surface area contributed by atoms with Crippen LogP contribution in [-0.2, 0) is 17.9 Å². The molecule has 0 saturated carbocycles. The highest BCUT2D eigenvalue weighted by molar-refractivity contribution is 5.92.